The average Bonchev–Trinajstić information content (AvgIpc) is 3.11. The van der Waals surface area contributed by atoms with Gasteiger partial charge in [-0.25, -0.2) is 4.98 Å². The fourth-order valence-corrected chi connectivity index (χ4v) is 5.68. The lowest BCUT2D eigenvalue weighted by Gasteiger charge is -2.27. The van der Waals surface area contributed by atoms with Gasteiger partial charge in [-0.3, -0.25) is 14.3 Å². The van der Waals surface area contributed by atoms with Crippen LogP contribution in [0.5, 0.6) is 0 Å². The molecule has 1 aromatic carbocycles. The summed E-state index contributed by atoms with van der Waals surface area (Å²) in [5.74, 6) is 0.661. The van der Waals surface area contributed by atoms with Crippen molar-refractivity contribution in [2.24, 2.45) is 11.8 Å². The normalized spacial score (nSPS) is 21.2. The standard InChI is InChI=1S/C24H28N6O2S/c1-4-29-12-18(14(3)28-29)22(31)26-10-19-17-9-16(17)11-30(19)23(32)20-21(33-24(25)27-20)15-7-5-6-13(2)8-15/h5-8,12,16-17,19H,4,9-11H2,1-3H3,(H2,25,27)(H,26,31)/t16-,17-,19-/m1/s1. The van der Waals surface area contributed by atoms with Gasteiger partial charge in [0.2, 0.25) is 0 Å². The molecule has 3 aromatic rings. The minimum absolute atomic E-state index is 0.0405. The number of aryl methyl sites for hydroxylation is 3. The Bertz CT molecular complexity index is 1230. The highest BCUT2D eigenvalue weighted by molar-refractivity contribution is 7.19. The predicted octanol–water partition coefficient (Wildman–Crippen LogP) is 3.12. The van der Waals surface area contributed by atoms with Crippen LogP contribution in [0, 0.1) is 25.7 Å². The topological polar surface area (TPSA) is 106 Å². The highest BCUT2D eigenvalue weighted by Crippen LogP contribution is 2.50. The van der Waals surface area contributed by atoms with Gasteiger partial charge in [-0.1, -0.05) is 41.2 Å². The quantitative estimate of drug-likeness (QED) is 0.583. The van der Waals surface area contributed by atoms with Crippen molar-refractivity contribution in [1.29, 1.82) is 0 Å². The summed E-state index contributed by atoms with van der Waals surface area (Å²) in [6.45, 7) is 7.67. The summed E-state index contributed by atoms with van der Waals surface area (Å²) in [6, 6.07) is 7.98. The van der Waals surface area contributed by atoms with Gasteiger partial charge >= 0.3 is 0 Å². The van der Waals surface area contributed by atoms with Crippen molar-refractivity contribution in [3.05, 3.63) is 53.0 Å². The number of nitrogens with two attached hydrogens (primary N) is 1. The summed E-state index contributed by atoms with van der Waals surface area (Å²) in [4.78, 5) is 33.5. The van der Waals surface area contributed by atoms with Gasteiger partial charge in [-0.2, -0.15) is 5.10 Å². The second-order valence-corrected chi connectivity index (χ2v) is 10.0. The molecule has 0 spiro atoms. The van der Waals surface area contributed by atoms with Gasteiger partial charge in [-0.05, 0) is 44.6 Å². The number of carbonyl (C=O) groups excluding carboxylic acids is 2. The third-order valence-corrected chi connectivity index (χ3v) is 7.61. The van der Waals surface area contributed by atoms with Gasteiger partial charge < -0.3 is 16.0 Å². The highest BCUT2D eigenvalue weighted by atomic mass is 32.1. The molecule has 172 valence electrons. The Morgan fingerprint density at radius 2 is 2.12 bits per heavy atom. The van der Waals surface area contributed by atoms with Crippen LogP contribution in [0.2, 0.25) is 0 Å². The zero-order chi connectivity index (χ0) is 23.3. The van der Waals surface area contributed by atoms with Gasteiger partial charge in [0.25, 0.3) is 11.8 Å². The number of rotatable bonds is 6. The van der Waals surface area contributed by atoms with Crippen molar-refractivity contribution in [3.8, 4) is 10.4 Å². The number of amides is 2. The Labute approximate surface area is 196 Å². The summed E-state index contributed by atoms with van der Waals surface area (Å²) in [7, 11) is 0. The molecule has 1 saturated carbocycles. The van der Waals surface area contributed by atoms with Crippen LogP contribution in [0.1, 0.15) is 45.4 Å². The van der Waals surface area contributed by atoms with E-state index in [2.05, 4.69) is 15.4 Å². The molecule has 0 radical (unpaired) electrons. The number of thiazole rings is 1. The predicted molar refractivity (Wildman–Crippen MR) is 128 cm³/mol. The molecule has 33 heavy (non-hydrogen) atoms. The SMILES string of the molecule is CCn1cc(C(=O)NC[C@@H]2[C@@H]3C[C@@H]3CN2C(=O)c2nc(N)sc2-c2cccc(C)c2)c(C)n1. The van der Waals surface area contributed by atoms with Gasteiger partial charge in [0.05, 0.1) is 22.2 Å². The van der Waals surface area contributed by atoms with E-state index in [1.54, 1.807) is 10.9 Å². The first-order chi connectivity index (χ1) is 15.9. The Morgan fingerprint density at radius 3 is 2.85 bits per heavy atom. The molecule has 1 aliphatic heterocycles. The minimum Gasteiger partial charge on any atom is -0.375 e. The third kappa shape index (κ3) is 4.01. The summed E-state index contributed by atoms with van der Waals surface area (Å²) in [5.41, 5.74) is 9.78. The molecule has 3 atom stereocenters. The number of hydrogen-bond acceptors (Lipinski definition) is 6. The van der Waals surface area contributed by atoms with Crippen molar-refractivity contribution in [2.45, 2.75) is 39.8 Å². The second-order valence-electron chi connectivity index (χ2n) is 8.98. The molecule has 9 heteroatoms. The Balaban J connectivity index is 1.35. The van der Waals surface area contributed by atoms with Crippen molar-refractivity contribution in [3.63, 3.8) is 0 Å². The van der Waals surface area contributed by atoms with Crippen LogP contribution in [-0.2, 0) is 6.54 Å². The maximum atomic E-state index is 13.6. The summed E-state index contributed by atoms with van der Waals surface area (Å²) >= 11 is 1.34. The van der Waals surface area contributed by atoms with Crippen LogP contribution >= 0.6 is 11.3 Å². The second kappa shape index (κ2) is 8.30. The number of aromatic nitrogens is 3. The van der Waals surface area contributed by atoms with E-state index in [0.717, 1.165) is 22.4 Å². The first kappa shape index (κ1) is 21.6. The molecule has 1 aliphatic carbocycles. The maximum Gasteiger partial charge on any atom is 0.274 e. The number of likely N-dealkylation sites (tertiary alicyclic amines) is 1. The van der Waals surface area contributed by atoms with Gasteiger partial charge in [0.15, 0.2) is 5.13 Å². The van der Waals surface area contributed by atoms with E-state index < -0.39 is 0 Å². The van der Waals surface area contributed by atoms with Gasteiger partial charge in [-0.15, -0.1) is 0 Å². The molecule has 2 aliphatic rings. The van der Waals surface area contributed by atoms with Crippen molar-refractivity contribution in [2.75, 3.05) is 18.8 Å². The Morgan fingerprint density at radius 1 is 1.30 bits per heavy atom. The molecule has 5 rings (SSSR count). The van der Waals surface area contributed by atoms with Crippen molar-refractivity contribution < 1.29 is 9.59 Å². The van der Waals surface area contributed by atoms with E-state index in [9.17, 15) is 9.59 Å². The van der Waals surface area contributed by atoms with E-state index in [4.69, 9.17) is 5.73 Å². The smallest absolute Gasteiger partial charge is 0.274 e. The summed E-state index contributed by atoms with van der Waals surface area (Å²) in [5, 5.41) is 7.78. The van der Waals surface area contributed by atoms with Crippen LogP contribution in [0.4, 0.5) is 5.13 Å². The van der Waals surface area contributed by atoms with Crippen molar-refractivity contribution >= 4 is 28.3 Å². The number of nitrogen functional groups attached to an aromatic ring is 1. The molecule has 2 amide bonds. The molecule has 2 fully saturated rings. The van der Waals surface area contributed by atoms with E-state index in [1.807, 2.05) is 49.9 Å². The molecular formula is C24H28N6O2S. The van der Waals surface area contributed by atoms with Crippen LogP contribution < -0.4 is 11.1 Å². The lowest BCUT2D eigenvalue weighted by atomic mass is 10.1. The van der Waals surface area contributed by atoms with Crippen molar-refractivity contribution in [1.82, 2.24) is 25.0 Å². The Kier molecular flexibility index (Phi) is 5.44. The third-order valence-electron chi connectivity index (χ3n) is 6.68. The summed E-state index contributed by atoms with van der Waals surface area (Å²) < 4.78 is 1.76. The first-order valence-electron chi connectivity index (χ1n) is 11.3. The largest absolute Gasteiger partial charge is 0.375 e. The molecule has 2 aromatic heterocycles. The first-order valence-corrected chi connectivity index (χ1v) is 12.1. The van der Waals surface area contributed by atoms with Crippen LogP contribution in [-0.4, -0.2) is 50.6 Å². The number of carbonyl (C=O) groups is 2. The molecule has 3 heterocycles. The zero-order valence-electron chi connectivity index (χ0n) is 19.0. The van der Waals surface area contributed by atoms with Crippen LogP contribution in [0.25, 0.3) is 10.4 Å². The van der Waals surface area contributed by atoms with Crippen LogP contribution in [0.15, 0.2) is 30.5 Å². The Hall–Kier alpha value is -3.20. The molecular weight excluding hydrogens is 436 g/mol. The monoisotopic (exact) mass is 464 g/mol. The molecule has 3 N–H and O–H groups in total. The number of nitrogens with zero attached hydrogens (tertiary/aromatic N) is 4. The average molecular weight is 465 g/mol. The highest BCUT2D eigenvalue weighted by Gasteiger charge is 2.54. The van der Waals surface area contributed by atoms with Gasteiger partial charge in [0.1, 0.15) is 5.69 Å². The molecule has 0 unspecified atom stereocenters. The number of anilines is 1. The van der Waals surface area contributed by atoms with E-state index >= 15 is 0 Å². The lowest BCUT2D eigenvalue weighted by molar-refractivity contribution is 0.0690. The number of nitrogens with one attached hydrogen (secondary N) is 1. The molecule has 8 nitrogen and oxygen atoms in total. The van der Waals surface area contributed by atoms with Crippen LogP contribution in [0.3, 0.4) is 0 Å². The number of hydrogen-bond donors (Lipinski definition) is 2. The number of piperidine rings is 1. The molecule has 0 bridgehead atoms. The maximum absolute atomic E-state index is 13.6. The summed E-state index contributed by atoms with van der Waals surface area (Å²) in [6.07, 6.45) is 2.87. The fraction of sp³-hybridized carbons (Fsp3) is 0.417. The number of benzene rings is 1. The minimum atomic E-state index is -0.151. The number of fused-ring (bicyclic) bond motifs is 1. The lowest BCUT2D eigenvalue weighted by Crippen LogP contribution is -2.45. The fourth-order valence-electron chi connectivity index (χ4n) is 4.86. The zero-order valence-corrected chi connectivity index (χ0v) is 19.9. The van der Waals surface area contributed by atoms with Gasteiger partial charge in [0, 0.05) is 25.8 Å². The van der Waals surface area contributed by atoms with E-state index in [1.165, 1.54) is 11.3 Å². The van der Waals surface area contributed by atoms with E-state index in [0.29, 0.717) is 53.6 Å². The molecule has 1 saturated heterocycles. The van der Waals surface area contributed by atoms with E-state index in [-0.39, 0.29) is 17.9 Å².